The molecule has 0 radical (unpaired) electrons. The minimum absolute atomic E-state index is 0.696. The van der Waals surface area contributed by atoms with Gasteiger partial charge in [-0.15, -0.1) is 0 Å². The molecule has 0 amide bonds. The highest BCUT2D eigenvalue weighted by atomic mass is 32.1. The van der Waals surface area contributed by atoms with Gasteiger partial charge in [-0.3, -0.25) is 0 Å². The van der Waals surface area contributed by atoms with E-state index in [1.54, 1.807) is 33.8 Å². The molecule has 3 aliphatic carbocycles. The Balaban J connectivity index is 0.0000000941. The Hall–Kier alpha value is -7.07. The Labute approximate surface area is 504 Å². The zero-order chi connectivity index (χ0) is 57.4. The van der Waals surface area contributed by atoms with Crippen LogP contribution in [-0.4, -0.2) is 90.9 Å². The van der Waals surface area contributed by atoms with E-state index in [0.717, 1.165) is 41.8 Å². The molecule has 0 spiro atoms. The summed E-state index contributed by atoms with van der Waals surface area (Å²) in [6.45, 7) is 2.44. The Kier molecular flexibility index (Phi) is 16.4. The lowest BCUT2D eigenvalue weighted by Gasteiger charge is -2.36. The summed E-state index contributed by atoms with van der Waals surface area (Å²) in [5.41, 5.74) is 16.1. The van der Waals surface area contributed by atoms with Crippen molar-refractivity contribution in [1.29, 1.82) is 0 Å². The predicted octanol–water partition coefficient (Wildman–Crippen LogP) is 17.5. The molecule has 3 aromatic heterocycles. The Morgan fingerprint density at radius 1 is 0.333 bits per heavy atom. The second-order valence-electron chi connectivity index (χ2n) is 25.5. The third-order valence-electron chi connectivity index (χ3n) is 21.1. The van der Waals surface area contributed by atoms with Gasteiger partial charge in [0.1, 0.15) is 4.83 Å². The quantitative estimate of drug-likeness (QED) is 0.151. The molecule has 4 fully saturated rings. The summed E-state index contributed by atoms with van der Waals surface area (Å²) in [5.74, 6) is 3.24. The van der Waals surface area contributed by atoms with E-state index in [0.29, 0.717) is 6.04 Å². The molecule has 9 heteroatoms. The number of rotatable bonds is 0. The molecule has 5 aliphatic heterocycles. The van der Waals surface area contributed by atoms with Crippen LogP contribution in [0.15, 0.2) is 176 Å². The molecule has 7 aromatic carbocycles. The van der Waals surface area contributed by atoms with Gasteiger partial charge in [-0.1, -0.05) is 166 Å². The minimum atomic E-state index is 0.696. The molecule has 8 atom stereocenters. The van der Waals surface area contributed by atoms with Crippen molar-refractivity contribution in [3.63, 3.8) is 0 Å². The summed E-state index contributed by atoms with van der Waals surface area (Å²) >= 11 is 1.55. The van der Waals surface area contributed by atoms with E-state index in [2.05, 4.69) is 257 Å². The highest BCUT2D eigenvalue weighted by molar-refractivity contribution is 7.13. The van der Waals surface area contributed by atoms with Gasteiger partial charge in [0, 0.05) is 158 Å². The molecule has 10 aromatic rings. The van der Waals surface area contributed by atoms with Crippen LogP contribution in [0.25, 0.3) is 42.9 Å². The van der Waals surface area contributed by atoms with Crippen LogP contribution in [0.5, 0.6) is 0 Å². The number of hydrogen-bond acceptors (Lipinski definition) is 7. The maximum Gasteiger partial charge on any atom is 0.124 e. The molecule has 0 N–H and O–H groups in total. The molecule has 8 nitrogen and oxygen atoms in total. The van der Waals surface area contributed by atoms with Crippen LogP contribution in [0.2, 0.25) is 0 Å². The molecule has 434 valence electrons. The first-order valence-electron chi connectivity index (χ1n) is 31.8. The van der Waals surface area contributed by atoms with Gasteiger partial charge in [0.15, 0.2) is 0 Å². The molecule has 0 bridgehead atoms. The van der Waals surface area contributed by atoms with Crippen molar-refractivity contribution in [3.8, 4) is 0 Å². The number of likely N-dealkylation sites (tertiary alicyclic amines) is 1. The number of anilines is 4. The van der Waals surface area contributed by atoms with Crippen LogP contribution in [0.3, 0.4) is 0 Å². The molecular weight excluding hydrogens is 1040 g/mol. The summed E-state index contributed by atoms with van der Waals surface area (Å²) in [7, 11) is 15.4. The lowest BCUT2D eigenvalue weighted by Crippen LogP contribution is -2.45. The number of fused-ring (bicyclic) bond motifs is 18. The van der Waals surface area contributed by atoms with Crippen LogP contribution in [-0.2, 0) is 14.1 Å². The molecule has 84 heavy (non-hydrogen) atoms. The van der Waals surface area contributed by atoms with Gasteiger partial charge in [-0.25, -0.2) is 0 Å². The van der Waals surface area contributed by atoms with Crippen molar-refractivity contribution < 1.29 is 0 Å². The number of benzene rings is 7. The fraction of sp³-hybridized carbons (Fsp3) is 0.400. The number of nitrogens with zero attached hydrogens (tertiary/aromatic N) is 8. The van der Waals surface area contributed by atoms with Gasteiger partial charge < -0.3 is 33.6 Å². The number of likely N-dealkylation sites (N-methyl/N-ethyl adjacent to an activating group) is 5. The molecule has 3 saturated carbocycles. The highest BCUT2D eigenvalue weighted by Gasteiger charge is 2.41. The van der Waals surface area contributed by atoms with Crippen molar-refractivity contribution in [2.24, 2.45) is 14.1 Å². The number of aryl methyl sites for hydroxylation is 2. The van der Waals surface area contributed by atoms with Crippen molar-refractivity contribution >= 4 is 77.2 Å². The van der Waals surface area contributed by atoms with Gasteiger partial charge in [-0.2, -0.15) is 4.37 Å². The van der Waals surface area contributed by atoms with Crippen LogP contribution in [0.1, 0.15) is 129 Å². The summed E-state index contributed by atoms with van der Waals surface area (Å²) < 4.78 is 8.63. The second-order valence-corrected chi connectivity index (χ2v) is 26.3. The second kappa shape index (κ2) is 24.5. The topological polar surface area (TPSA) is 39.0 Å². The normalized spacial score (nSPS) is 24.0. The molecule has 8 aliphatic rings. The van der Waals surface area contributed by atoms with E-state index in [1.807, 2.05) is 6.20 Å². The average Bonchev–Trinajstić information content (AvgIpc) is 4.58. The summed E-state index contributed by atoms with van der Waals surface area (Å²) in [4.78, 5) is 13.7. The van der Waals surface area contributed by atoms with Crippen LogP contribution in [0, 0.1) is 0 Å². The minimum Gasteiger partial charge on any atom is -0.371 e. The van der Waals surface area contributed by atoms with Crippen LogP contribution in [0.4, 0.5) is 22.7 Å². The highest BCUT2D eigenvalue weighted by Crippen LogP contribution is 2.50. The van der Waals surface area contributed by atoms with Crippen molar-refractivity contribution in [2.45, 2.75) is 131 Å². The van der Waals surface area contributed by atoms with E-state index in [-0.39, 0.29) is 0 Å². The van der Waals surface area contributed by atoms with E-state index < -0.39 is 0 Å². The third kappa shape index (κ3) is 10.5. The lowest BCUT2D eigenvalue weighted by molar-refractivity contribution is 0.233. The lowest BCUT2D eigenvalue weighted by atomic mass is 9.82. The first kappa shape index (κ1) is 56.1. The smallest absolute Gasteiger partial charge is 0.124 e. The summed E-state index contributed by atoms with van der Waals surface area (Å²) in [5, 5.41) is 5.24. The zero-order valence-electron chi connectivity index (χ0n) is 51.0. The first-order valence-corrected chi connectivity index (χ1v) is 32.6. The number of hydrogen-bond donors (Lipinski definition) is 0. The van der Waals surface area contributed by atoms with E-state index >= 15 is 0 Å². The van der Waals surface area contributed by atoms with Gasteiger partial charge in [-0.05, 0) is 135 Å². The summed E-state index contributed by atoms with van der Waals surface area (Å²) in [6, 6.07) is 64.2. The fourth-order valence-electron chi connectivity index (χ4n) is 16.7. The number of aromatic nitrogens is 3. The average molecular weight is 1130 g/mol. The van der Waals surface area contributed by atoms with Crippen molar-refractivity contribution in [3.05, 3.63) is 198 Å². The standard InChI is InChI=1S/C14H19N.C13H18N2.C13H17N.C13H11N.C12H15N.C10H8N2S/c1-15-13-9-4-2-3-7-11(13)12-8-5-6-10-14(12)15;1-14-8-7-11-10-5-3-4-6-12(10)15(2)13(11)9-14;2*1-14-12-8-4-2-6-10(12)11-7-3-5-9-13(11)14;1-13-11-7-3-2-5-9(11)10-6-4-8-12(10)13;1-12-9-5-3-2-4-7(9)8-6-11-13-10(8)12/h5-6,8,10-11,13H,2-4,7,9H2,1H3;3-6,11,13H,7-9H2,1-2H3;2,4,6,8,11,13H,3,5,7,9H2,1H3;2-9H,1H3;2-3,5,7,10,12H,4,6,8H2,1H3;2-6H,1H3. The predicted molar refractivity (Wildman–Crippen MR) is 360 cm³/mol. The Morgan fingerprint density at radius 2 is 0.679 bits per heavy atom. The fourth-order valence-corrected chi connectivity index (χ4v) is 17.5. The van der Waals surface area contributed by atoms with Gasteiger partial charge >= 0.3 is 0 Å². The van der Waals surface area contributed by atoms with Crippen molar-refractivity contribution in [2.75, 3.05) is 67.9 Å². The number of piperidine rings is 1. The SMILES string of the molecule is CN1CCC2c3ccccc3N(C)C2C1.CN1c2ccccc2C2CCCC21.CN1c2ccccc2C2CCCCC21.CN1c2ccccc2C2CCCCCC21.Cn1c2ccccc2c2ccccc21.Cn1c2ccccc2c2cnsc21. The number of para-hydroxylation sites is 7. The first-order chi connectivity index (χ1) is 41.2. The van der Waals surface area contributed by atoms with E-state index in [1.165, 1.54) is 162 Å². The molecule has 8 unspecified atom stereocenters. The van der Waals surface area contributed by atoms with Gasteiger partial charge in [0.25, 0.3) is 0 Å². The van der Waals surface area contributed by atoms with E-state index in [4.69, 9.17) is 0 Å². The molecular formula is C75H88N8S. The third-order valence-corrected chi connectivity index (χ3v) is 21.9. The monoisotopic (exact) mass is 1130 g/mol. The van der Waals surface area contributed by atoms with Gasteiger partial charge in [0.2, 0.25) is 0 Å². The maximum absolute atomic E-state index is 4.19. The molecule has 18 rings (SSSR count). The van der Waals surface area contributed by atoms with E-state index in [9.17, 15) is 0 Å². The molecule has 8 heterocycles. The maximum atomic E-state index is 4.19. The van der Waals surface area contributed by atoms with Crippen molar-refractivity contribution in [1.82, 2.24) is 18.4 Å². The Morgan fingerprint density at radius 3 is 1.17 bits per heavy atom. The zero-order valence-corrected chi connectivity index (χ0v) is 51.8. The largest absolute Gasteiger partial charge is 0.371 e. The van der Waals surface area contributed by atoms with Gasteiger partial charge in [0.05, 0.1) is 6.20 Å². The molecule has 1 saturated heterocycles. The Bertz CT molecular complexity index is 3820. The van der Waals surface area contributed by atoms with Crippen LogP contribution < -0.4 is 19.6 Å². The van der Waals surface area contributed by atoms with Crippen LogP contribution >= 0.6 is 11.5 Å². The summed E-state index contributed by atoms with van der Waals surface area (Å²) in [6.07, 6.45) is 20.1.